The van der Waals surface area contributed by atoms with Gasteiger partial charge in [-0.25, -0.2) is 4.39 Å². The molecule has 19 heavy (non-hydrogen) atoms. The van der Waals surface area contributed by atoms with E-state index in [-0.39, 0.29) is 11.7 Å². The molecule has 3 aromatic rings. The second-order valence-electron chi connectivity index (χ2n) is 4.16. The number of anilines is 1. The van der Waals surface area contributed by atoms with Gasteiger partial charge in [0.2, 0.25) is 5.88 Å². The molecule has 6 heteroatoms. The quantitative estimate of drug-likeness (QED) is 0.740. The van der Waals surface area contributed by atoms with Crippen LogP contribution in [-0.2, 0) is 0 Å². The van der Waals surface area contributed by atoms with E-state index in [1.165, 1.54) is 6.07 Å². The summed E-state index contributed by atoms with van der Waals surface area (Å²) in [7, 11) is 0. The fraction of sp³-hybridized carbons (Fsp3) is 0.0769. The second-order valence-corrected chi connectivity index (χ2v) is 4.16. The Morgan fingerprint density at radius 1 is 1.26 bits per heavy atom. The molecular formula is C13H11FN4O. The van der Waals surface area contributed by atoms with Gasteiger partial charge in [-0.1, -0.05) is 23.4 Å². The third kappa shape index (κ3) is 1.77. The van der Waals surface area contributed by atoms with Gasteiger partial charge in [-0.15, -0.1) is 0 Å². The zero-order chi connectivity index (χ0) is 13.4. The lowest BCUT2D eigenvalue weighted by Crippen LogP contribution is -1.91. The summed E-state index contributed by atoms with van der Waals surface area (Å²) in [5.41, 5.74) is 8.60. The molecule has 0 fully saturated rings. The average molecular weight is 258 g/mol. The van der Waals surface area contributed by atoms with Crippen LogP contribution < -0.4 is 5.73 Å². The molecule has 0 aliphatic carbocycles. The first-order valence-corrected chi connectivity index (χ1v) is 5.69. The van der Waals surface area contributed by atoms with Gasteiger partial charge in [0.15, 0.2) is 0 Å². The summed E-state index contributed by atoms with van der Waals surface area (Å²) in [6, 6.07) is 6.35. The Hall–Kier alpha value is -2.63. The minimum Gasteiger partial charge on any atom is -0.367 e. The van der Waals surface area contributed by atoms with Gasteiger partial charge < -0.3 is 10.3 Å². The van der Waals surface area contributed by atoms with E-state index in [0.29, 0.717) is 16.8 Å². The van der Waals surface area contributed by atoms with Crippen LogP contribution in [0, 0.1) is 12.7 Å². The van der Waals surface area contributed by atoms with E-state index in [1.54, 1.807) is 24.4 Å². The fourth-order valence-corrected chi connectivity index (χ4v) is 2.00. The highest BCUT2D eigenvalue weighted by Crippen LogP contribution is 2.37. The van der Waals surface area contributed by atoms with Crippen molar-refractivity contribution in [3.63, 3.8) is 0 Å². The lowest BCUT2D eigenvalue weighted by Gasteiger charge is -2.03. The lowest BCUT2D eigenvalue weighted by atomic mass is 10.0. The zero-order valence-corrected chi connectivity index (χ0v) is 10.1. The summed E-state index contributed by atoms with van der Waals surface area (Å²) in [5.74, 6) is -0.291. The number of H-pyrrole nitrogens is 1. The molecule has 1 aromatic carbocycles. The van der Waals surface area contributed by atoms with Crippen LogP contribution in [0.4, 0.5) is 10.3 Å². The van der Waals surface area contributed by atoms with Crippen molar-refractivity contribution in [1.82, 2.24) is 15.4 Å². The van der Waals surface area contributed by atoms with Crippen molar-refractivity contribution in [2.45, 2.75) is 6.92 Å². The van der Waals surface area contributed by atoms with E-state index >= 15 is 0 Å². The number of nitrogen functional groups attached to an aromatic ring is 1. The number of hydrogen-bond donors (Lipinski definition) is 2. The molecule has 0 atom stereocenters. The number of halogens is 1. The smallest absolute Gasteiger partial charge is 0.230 e. The molecule has 5 nitrogen and oxygen atoms in total. The molecule has 0 radical (unpaired) electrons. The van der Waals surface area contributed by atoms with Crippen molar-refractivity contribution in [2.24, 2.45) is 0 Å². The number of nitrogens with zero attached hydrogens (tertiary/aromatic N) is 2. The molecule has 0 spiro atoms. The Kier molecular flexibility index (Phi) is 2.56. The summed E-state index contributed by atoms with van der Waals surface area (Å²) in [5, 5.41) is 10.6. The van der Waals surface area contributed by atoms with E-state index in [4.69, 9.17) is 10.3 Å². The number of aromatic nitrogens is 3. The third-order valence-corrected chi connectivity index (χ3v) is 2.95. The van der Waals surface area contributed by atoms with Crippen molar-refractivity contribution in [1.29, 1.82) is 0 Å². The van der Waals surface area contributed by atoms with E-state index < -0.39 is 0 Å². The predicted molar refractivity (Wildman–Crippen MR) is 68.6 cm³/mol. The maximum absolute atomic E-state index is 13.9. The molecular weight excluding hydrogens is 247 g/mol. The fourth-order valence-electron chi connectivity index (χ4n) is 2.00. The standard InChI is InChI=1S/C13H11FN4O/c1-7-9(6-16-17-7)12-11(13(15)19-18-12)8-4-2-3-5-10(8)14/h2-6H,15H2,1H3,(H,16,17). The van der Waals surface area contributed by atoms with Crippen LogP contribution in [0.15, 0.2) is 35.0 Å². The third-order valence-electron chi connectivity index (χ3n) is 2.95. The number of rotatable bonds is 2. The van der Waals surface area contributed by atoms with Crippen molar-refractivity contribution in [2.75, 3.05) is 5.73 Å². The minimum atomic E-state index is -0.375. The highest BCUT2D eigenvalue weighted by Gasteiger charge is 2.21. The highest BCUT2D eigenvalue weighted by atomic mass is 19.1. The van der Waals surface area contributed by atoms with Crippen LogP contribution in [0.1, 0.15) is 5.69 Å². The summed E-state index contributed by atoms with van der Waals surface area (Å²) in [6.07, 6.45) is 1.61. The maximum atomic E-state index is 13.9. The Morgan fingerprint density at radius 3 is 2.74 bits per heavy atom. The molecule has 3 N–H and O–H groups in total. The Balaban J connectivity index is 2.26. The van der Waals surface area contributed by atoms with Crippen LogP contribution >= 0.6 is 0 Å². The molecule has 0 amide bonds. The van der Waals surface area contributed by atoms with Crippen LogP contribution in [0.25, 0.3) is 22.4 Å². The van der Waals surface area contributed by atoms with Crippen LogP contribution in [0.3, 0.4) is 0 Å². The van der Waals surface area contributed by atoms with Gasteiger partial charge in [0.05, 0.1) is 11.8 Å². The monoisotopic (exact) mass is 258 g/mol. The number of nitrogens with one attached hydrogen (secondary N) is 1. The van der Waals surface area contributed by atoms with Crippen molar-refractivity contribution < 1.29 is 8.91 Å². The number of aromatic amines is 1. The van der Waals surface area contributed by atoms with Gasteiger partial charge in [-0.2, -0.15) is 5.10 Å². The molecule has 0 bridgehead atoms. The topological polar surface area (TPSA) is 80.7 Å². The SMILES string of the molecule is Cc1[nH]ncc1-c1noc(N)c1-c1ccccc1F. The van der Waals surface area contributed by atoms with Crippen molar-refractivity contribution in [3.05, 3.63) is 42.0 Å². The Labute approximate surface area is 108 Å². The molecule has 2 aromatic heterocycles. The molecule has 0 aliphatic rings. The summed E-state index contributed by atoms with van der Waals surface area (Å²) >= 11 is 0. The molecule has 0 aliphatic heterocycles. The maximum Gasteiger partial charge on any atom is 0.230 e. The van der Waals surface area contributed by atoms with E-state index in [9.17, 15) is 4.39 Å². The number of benzene rings is 1. The first kappa shape index (κ1) is 11.5. The molecule has 2 heterocycles. The van der Waals surface area contributed by atoms with Gasteiger partial charge in [0, 0.05) is 16.8 Å². The second kappa shape index (κ2) is 4.24. The van der Waals surface area contributed by atoms with Gasteiger partial charge in [0.25, 0.3) is 0 Å². The highest BCUT2D eigenvalue weighted by molar-refractivity contribution is 5.87. The van der Waals surface area contributed by atoms with Crippen molar-refractivity contribution >= 4 is 5.88 Å². The summed E-state index contributed by atoms with van der Waals surface area (Å²) < 4.78 is 18.9. The zero-order valence-electron chi connectivity index (χ0n) is 10.1. The molecule has 0 saturated heterocycles. The van der Waals surface area contributed by atoms with Crippen molar-refractivity contribution in [3.8, 4) is 22.4 Å². The predicted octanol–water partition coefficient (Wildman–Crippen LogP) is 2.76. The number of hydrogen-bond acceptors (Lipinski definition) is 4. The molecule has 3 rings (SSSR count). The largest absolute Gasteiger partial charge is 0.367 e. The summed E-state index contributed by atoms with van der Waals surface area (Å²) in [6.45, 7) is 1.85. The Bertz CT molecular complexity index is 732. The van der Waals surface area contributed by atoms with Crippen LogP contribution in [0.2, 0.25) is 0 Å². The number of nitrogens with two attached hydrogens (primary N) is 1. The van der Waals surface area contributed by atoms with Gasteiger partial charge in [-0.05, 0) is 13.0 Å². The van der Waals surface area contributed by atoms with Gasteiger partial charge in [0.1, 0.15) is 11.5 Å². The van der Waals surface area contributed by atoms with E-state index in [1.807, 2.05) is 6.92 Å². The molecule has 0 unspecified atom stereocenters. The first-order valence-electron chi connectivity index (χ1n) is 5.69. The average Bonchev–Trinajstić information content (AvgIpc) is 2.96. The molecule has 0 saturated carbocycles. The molecule has 96 valence electrons. The van der Waals surface area contributed by atoms with Gasteiger partial charge in [-0.3, -0.25) is 5.10 Å². The van der Waals surface area contributed by atoms with Gasteiger partial charge >= 0.3 is 0 Å². The Morgan fingerprint density at radius 2 is 2.05 bits per heavy atom. The normalized spacial score (nSPS) is 10.8. The summed E-state index contributed by atoms with van der Waals surface area (Å²) in [4.78, 5) is 0. The van der Waals surface area contributed by atoms with Crippen LogP contribution in [0.5, 0.6) is 0 Å². The van der Waals surface area contributed by atoms with E-state index in [0.717, 1.165) is 11.3 Å². The first-order chi connectivity index (χ1) is 9.18. The van der Waals surface area contributed by atoms with Crippen LogP contribution in [-0.4, -0.2) is 15.4 Å². The minimum absolute atomic E-state index is 0.0840. The lowest BCUT2D eigenvalue weighted by molar-refractivity contribution is 0.439. The van der Waals surface area contributed by atoms with E-state index in [2.05, 4.69) is 15.4 Å². The number of aryl methyl sites for hydroxylation is 1.